The fourth-order valence-electron chi connectivity index (χ4n) is 1.96. The Balaban J connectivity index is 1.97. The molecule has 0 spiro atoms. The molecule has 0 saturated heterocycles. The first kappa shape index (κ1) is 12.2. The molecule has 5 heteroatoms. The number of hydrogen-bond donors (Lipinski definition) is 1. The Kier molecular flexibility index (Phi) is 3.33. The molecule has 0 aliphatic carbocycles. The maximum atomic E-state index is 11.7. The van der Waals surface area contributed by atoms with Gasteiger partial charge in [0.05, 0.1) is 5.69 Å². The molecular formula is C15H12N4O. The number of pyridine rings is 2. The second-order valence-electron chi connectivity index (χ2n) is 4.35. The van der Waals surface area contributed by atoms with Crippen molar-refractivity contribution in [3.8, 4) is 11.3 Å². The minimum Gasteiger partial charge on any atom is -0.310 e. The van der Waals surface area contributed by atoms with Gasteiger partial charge in [-0.05, 0) is 23.8 Å². The molecule has 3 aromatic heterocycles. The Morgan fingerprint density at radius 1 is 1.05 bits per heavy atom. The molecule has 3 aromatic rings. The third-order valence-corrected chi connectivity index (χ3v) is 2.86. The van der Waals surface area contributed by atoms with Crippen LogP contribution < -0.4 is 5.56 Å². The Morgan fingerprint density at radius 3 is 2.65 bits per heavy atom. The molecule has 0 aliphatic heterocycles. The zero-order valence-corrected chi connectivity index (χ0v) is 10.7. The van der Waals surface area contributed by atoms with Crippen LogP contribution in [0.5, 0.6) is 0 Å². The number of aromatic amines is 1. The fourth-order valence-corrected chi connectivity index (χ4v) is 1.96. The van der Waals surface area contributed by atoms with E-state index >= 15 is 0 Å². The maximum Gasteiger partial charge on any atom is 0.251 e. The van der Waals surface area contributed by atoms with Gasteiger partial charge in [-0.25, -0.2) is 4.98 Å². The fraction of sp³-hybridized carbons (Fsp3) is 0.0667. The topological polar surface area (TPSA) is 71.5 Å². The van der Waals surface area contributed by atoms with E-state index in [0.29, 0.717) is 17.9 Å². The second-order valence-corrected chi connectivity index (χ2v) is 4.35. The van der Waals surface area contributed by atoms with Crippen molar-refractivity contribution in [2.24, 2.45) is 0 Å². The Morgan fingerprint density at radius 2 is 1.90 bits per heavy atom. The summed E-state index contributed by atoms with van der Waals surface area (Å²) in [6.45, 7) is 0. The van der Waals surface area contributed by atoms with Crippen molar-refractivity contribution in [3.05, 3.63) is 76.9 Å². The molecule has 0 aromatic carbocycles. The molecule has 0 aliphatic rings. The summed E-state index contributed by atoms with van der Waals surface area (Å²) in [6, 6.07) is 8.96. The van der Waals surface area contributed by atoms with Gasteiger partial charge in [0, 0.05) is 42.8 Å². The van der Waals surface area contributed by atoms with Gasteiger partial charge in [-0.2, -0.15) is 0 Å². The quantitative estimate of drug-likeness (QED) is 0.783. The van der Waals surface area contributed by atoms with Crippen LogP contribution in [0.25, 0.3) is 11.3 Å². The number of nitrogens with zero attached hydrogens (tertiary/aromatic N) is 3. The maximum absolute atomic E-state index is 11.7. The molecule has 0 radical (unpaired) electrons. The van der Waals surface area contributed by atoms with Gasteiger partial charge in [0.2, 0.25) is 0 Å². The lowest BCUT2D eigenvalue weighted by atomic mass is 10.1. The highest BCUT2D eigenvalue weighted by molar-refractivity contribution is 5.57. The lowest BCUT2D eigenvalue weighted by molar-refractivity contribution is 0.944. The van der Waals surface area contributed by atoms with Crippen LogP contribution in [0.4, 0.5) is 0 Å². The van der Waals surface area contributed by atoms with Crippen molar-refractivity contribution >= 4 is 0 Å². The molecule has 1 N–H and O–H groups in total. The third-order valence-electron chi connectivity index (χ3n) is 2.86. The Hall–Kier alpha value is -2.82. The molecule has 3 rings (SSSR count). The van der Waals surface area contributed by atoms with Crippen molar-refractivity contribution in [1.29, 1.82) is 0 Å². The van der Waals surface area contributed by atoms with Gasteiger partial charge in [-0.3, -0.25) is 14.8 Å². The standard InChI is InChI=1S/C15H12N4O/c20-15-9-13(12-3-6-16-7-4-12)18-14(19-15)8-11-2-1-5-17-10-11/h1-7,9-10H,8H2,(H,18,19,20). The molecule has 0 unspecified atom stereocenters. The van der Waals surface area contributed by atoms with E-state index in [1.165, 1.54) is 6.07 Å². The van der Waals surface area contributed by atoms with E-state index in [-0.39, 0.29) is 5.56 Å². The van der Waals surface area contributed by atoms with Crippen LogP contribution in [-0.2, 0) is 6.42 Å². The lowest BCUT2D eigenvalue weighted by Crippen LogP contribution is -2.11. The molecule has 0 amide bonds. The van der Waals surface area contributed by atoms with Gasteiger partial charge in [-0.1, -0.05) is 6.07 Å². The first-order valence-corrected chi connectivity index (χ1v) is 6.21. The van der Waals surface area contributed by atoms with Gasteiger partial charge < -0.3 is 4.98 Å². The number of hydrogen-bond acceptors (Lipinski definition) is 4. The average molecular weight is 264 g/mol. The Labute approximate surface area is 115 Å². The molecule has 0 bridgehead atoms. The average Bonchev–Trinajstić information content (AvgIpc) is 2.49. The molecule has 98 valence electrons. The molecule has 0 fully saturated rings. The highest BCUT2D eigenvalue weighted by Gasteiger charge is 2.05. The summed E-state index contributed by atoms with van der Waals surface area (Å²) in [5.74, 6) is 0.623. The third kappa shape index (κ3) is 2.77. The van der Waals surface area contributed by atoms with Gasteiger partial charge in [-0.15, -0.1) is 0 Å². The predicted octanol–water partition coefficient (Wildman–Crippen LogP) is 1.82. The largest absolute Gasteiger partial charge is 0.310 e. The summed E-state index contributed by atoms with van der Waals surface area (Å²) in [5.41, 5.74) is 2.36. The van der Waals surface area contributed by atoms with E-state index in [2.05, 4.69) is 19.9 Å². The van der Waals surface area contributed by atoms with Gasteiger partial charge in [0.1, 0.15) is 5.82 Å². The zero-order chi connectivity index (χ0) is 13.8. The summed E-state index contributed by atoms with van der Waals surface area (Å²) in [7, 11) is 0. The number of rotatable bonds is 3. The van der Waals surface area contributed by atoms with Crippen LogP contribution in [0.15, 0.2) is 59.9 Å². The summed E-state index contributed by atoms with van der Waals surface area (Å²) in [6.07, 6.45) is 7.38. The van der Waals surface area contributed by atoms with Crippen LogP contribution in [0.2, 0.25) is 0 Å². The van der Waals surface area contributed by atoms with Crippen LogP contribution in [0, 0.1) is 0 Å². The SMILES string of the molecule is O=c1cc(-c2ccncc2)nc(Cc2cccnc2)[nH]1. The van der Waals surface area contributed by atoms with E-state index in [1.54, 1.807) is 24.8 Å². The number of nitrogens with one attached hydrogen (secondary N) is 1. The van der Waals surface area contributed by atoms with Crippen molar-refractivity contribution in [2.45, 2.75) is 6.42 Å². The van der Waals surface area contributed by atoms with Crippen molar-refractivity contribution < 1.29 is 0 Å². The van der Waals surface area contributed by atoms with Crippen molar-refractivity contribution in [1.82, 2.24) is 19.9 Å². The lowest BCUT2D eigenvalue weighted by Gasteiger charge is -2.04. The normalized spacial score (nSPS) is 10.4. The summed E-state index contributed by atoms with van der Waals surface area (Å²) in [4.78, 5) is 27.0. The van der Waals surface area contributed by atoms with E-state index in [0.717, 1.165) is 11.1 Å². The molecular weight excluding hydrogens is 252 g/mol. The van der Waals surface area contributed by atoms with Crippen molar-refractivity contribution in [3.63, 3.8) is 0 Å². The predicted molar refractivity (Wildman–Crippen MR) is 75.1 cm³/mol. The van der Waals surface area contributed by atoms with E-state index in [9.17, 15) is 4.79 Å². The smallest absolute Gasteiger partial charge is 0.251 e. The summed E-state index contributed by atoms with van der Waals surface area (Å²) in [5, 5.41) is 0. The first-order valence-electron chi connectivity index (χ1n) is 6.21. The van der Waals surface area contributed by atoms with E-state index in [4.69, 9.17) is 0 Å². The minimum absolute atomic E-state index is 0.161. The number of aromatic nitrogens is 4. The highest BCUT2D eigenvalue weighted by atomic mass is 16.1. The molecule has 20 heavy (non-hydrogen) atoms. The monoisotopic (exact) mass is 264 g/mol. The van der Waals surface area contributed by atoms with E-state index < -0.39 is 0 Å². The van der Waals surface area contributed by atoms with E-state index in [1.807, 2.05) is 24.3 Å². The van der Waals surface area contributed by atoms with Gasteiger partial charge in [0.25, 0.3) is 5.56 Å². The second kappa shape index (κ2) is 5.44. The van der Waals surface area contributed by atoms with Crippen LogP contribution in [0.1, 0.15) is 11.4 Å². The molecule has 3 heterocycles. The van der Waals surface area contributed by atoms with Crippen LogP contribution in [-0.4, -0.2) is 19.9 Å². The van der Waals surface area contributed by atoms with Crippen molar-refractivity contribution in [2.75, 3.05) is 0 Å². The summed E-state index contributed by atoms with van der Waals surface area (Å²) < 4.78 is 0. The molecule has 0 atom stereocenters. The first-order chi connectivity index (χ1) is 9.81. The highest BCUT2D eigenvalue weighted by Crippen LogP contribution is 2.14. The van der Waals surface area contributed by atoms with Gasteiger partial charge >= 0.3 is 0 Å². The number of H-pyrrole nitrogens is 1. The Bertz CT molecular complexity index is 754. The van der Waals surface area contributed by atoms with Crippen LogP contribution in [0.3, 0.4) is 0 Å². The van der Waals surface area contributed by atoms with Crippen LogP contribution >= 0.6 is 0 Å². The minimum atomic E-state index is -0.161. The zero-order valence-electron chi connectivity index (χ0n) is 10.7. The molecule has 0 saturated carbocycles. The molecule has 5 nitrogen and oxygen atoms in total. The van der Waals surface area contributed by atoms with Gasteiger partial charge in [0.15, 0.2) is 0 Å². The summed E-state index contributed by atoms with van der Waals surface area (Å²) >= 11 is 0.